The quantitative estimate of drug-likeness (QED) is 0.814. The summed E-state index contributed by atoms with van der Waals surface area (Å²) in [4.78, 5) is 27.5. The standard InChI is InChI=1S/C18H15BrN2O2/c19-15-7-3-6-14-16(15)21(18(23)17(14)22)11-20-9-8-12-4-1-2-5-13(12)10-20/h1-7H,8-11H2/p+1. The summed E-state index contributed by atoms with van der Waals surface area (Å²) >= 11 is 3.48. The van der Waals surface area contributed by atoms with Crippen LogP contribution in [0.4, 0.5) is 5.69 Å². The summed E-state index contributed by atoms with van der Waals surface area (Å²) < 4.78 is 0.797. The summed E-state index contributed by atoms with van der Waals surface area (Å²) in [6, 6.07) is 13.8. The Kier molecular flexibility index (Phi) is 3.54. The van der Waals surface area contributed by atoms with Crippen molar-refractivity contribution < 1.29 is 14.5 Å². The molecule has 4 rings (SSSR count). The number of quaternary nitrogens is 1. The number of para-hydroxylation sites is 1. The molecule has 2 heterocycles. The van der Waals surface area contributed by atoms with E-state index in [-0.39, 0.29) is 0 Å². The van der Waals surface area contributed by atoms with Gasteiger partial charge in [0, 0.05) is 16.5 Å². The summed E-state index contributed by atoms with van der Waals surface area (Å²) in [6.07, 6.45) is 1.00. The molecule has 1 N–H and O–H groups in total. The van der Waals surface area contributed by atoms with Crippen LogP contribution < -0.4 is 9.80 Å². The third-order valence-electron chi connectivity index (χ3n) is 4.63. The zero-order valence-electron chi connectivity index (χ0n) is 12.5. The summed E-state index contributed by atoms with van der Waals surface area (Å²) in [6.45, 7) is 2.37. The van der Waals surface area contributed by atoms with Gasteiger partial charge in [0.2, 0.25) is 0 Å². The SMILES string of the molecule is O=C1C(=O)N(C[NH+]2CCc3ccccc3C2)c2c(Br)cccc21. The summed E-state index contributed by atoms with van der Waals surface area (Å²) in [5.74, 6) is -0.823. The molecule has 1 atom stereocenters. The van der Waals surface area contributed by atoms with Crippen LogP contribution in [0.2, 0.25) is 0 Å². The molecule has 2 aromatic carbocycles. The van der Waals surface area contributed by atoms with Crippen LogP contribution in [0.3, 0.4) is 0 Å². The van der Waals surface area contributed by atoms with E-state index in [0.717, 1.165) is 24.0 Å². The fraction of sp³-hybridized carbons (Fsp3) is 0.222. The van der Waals surface area contributed by atoms with E-state index in [1.807, 2.05) is 6.07 Å². The first-order valence-electron chi connectivity index (χ1n) is 7.70. The fourth-order valence-electron chi connectivity index (χ4n) is 3.46. The van der Waals surface area contributed by atoms with Gasteiger partial charge < -0.3 is 4.90 Å². The van der Waals surface area contributed by atoms with Crippen LogP contribution in [0.15, 0.2) is 46.9 Å². The van der Waals surface area contributed by atoms with Crippen molar-refractivity contribution in [2.45, 2.75) is 13.0 Å². The second-order valence-electron chi connectivity index (χ2n) is 6.05. The van der Waals surface area contributed by atoms with Crippen molar-refractivity contribution in [2.75, 3.05) is 18.1 Å². The minimum absolute atomic E-state index is 0.405. The Hall–Kier alpha value is -1.98. The van der Waals surface area contributed by atoms with Crippen LogP contribution in [0.25, 0.3) is 0 Å². The van der Waals surface area contributed by atoms with Gasteiger partial charge in [-0.15, -0.1) is 0 Å². The average molecular weight is 372 g/mol. The monoisotopic (exact) mass is 371 g/mol. The minimum Gasteiger partial charge on any atom is -0.313 e. The largest absolute Gasteiger partial charge is 0.313 e. The molecular formula is C18H16BrN2O2+. The van der Waals surface area contributed by atoms with Crippen LogP contribution >= 0.6 is 15.9 Å². The number of halogens is 1. The molecule has 2 aliphatic heterocycles. The maximum atomic E-state index is 12.4. The number of amides is 1. The molecule has 0 aromatic heterocycles. The Labute approximate surface area is 142 Å². The van der Waals surface area contributed by atoms with E-state index in [9.17, 15) is 9.59 Å². The highest BCUT2D eigenvalue weighted by Crippen LogP contribution is 2.35. The van der Waals surface area contributed by atoms with E-state index in [1.54, 1.807) is 17.0 Å². The second kappa shape index (κ2) is 5.58. The number of anilines is 1. The summed E-state index contributed by atoms with van der Waals surface area (Å²) in [5.41, 5.74) is 3.94. The van der Waals surface area contributed by atoms with Crippen LogP contribution in [0, 0.1) is 0 Å². The van der Waals surface area contributed by atoms with E-state index in [0.29, 0.717) is 17.9 Å². The highest BCUT2D eigenvalue weighted by Gasteiger charge is 2.39. The van der Waals surface area contributed by atoms with Crippen LogP contribution in [-0.2, 0) is 17.8 Å². The minimum atomic E-state index is -0.418. The lowest BCUT2D eigenvalue weighted by Crippen LogP contribution is -3.13. The van der Waals surface area contributed by atoms with Gasteiger partial charge >= 0.3 is 5.91 Å². The summed E-state index contributed by atoms with van der Waals surface area (Å²) in [7, 11) is 0. The Bertz CT molecular complexity index is 818. The number of rotatable bonds is 2. The van der Waals surface area contributed by atoms with Gasteiger partial charge in [-0.3, -0.25) is 14.5 Å². The predicted molar refractivity (Wildman–Crippen MR) is 90.5 cm³/mol. The number of hydrogen-bond donors (Lipinski definition) is 1. The number of carbonyl (C=O) groups is 2. The lowest BCUT2D eigenvalue weighted by Gasteiger charge is -2.29. The third-order valence-corrected chi connectivity index (χ3v) is 5.27. The molecule has 116 valence electrons. The van der Waals surface area contributed by atoms with E-state index < -0.39 is 11.7 Å². The lowest BCUT2D eigenvalue weighted by molar-refractivity contribution is -0.914. The van der Waals surface area contributed by atoms with Gasteiger partial charge in [0.1, 0.15) is 6.54 Å². The molecule has 2 aromatic rings. The molecular weight excluding hydrogens is 356 g/mol. The molecule has 4 nitrogen and oxygen atoms in total. The van der Waals surface area contributed by atoms with Crippen LogP contribution in [0.5, 0.6) is 0 Å². The van der Waals surface area contributed by atoms with E-state index >= 15 is 0 Å². The third kappa shape index (κ3) is 2.40. The number of nitrogens with zero attached hydrogens (tertiary/aromatic N) is 1. The first-order chi connectivity index (χ1) is 11.1. The summed E-state index contributed by atoms with van der Waals surface area (Å²) in [5, 5.41) is 0. The molecule has 5 heteroatoms. The molecule has 0 saturated heterocycles. The van der Waals surface area contributed by atoms with Gasteiger partial charge in [0.25, 0.3) is 5.78 Å². The van der Waals surface area contributed by atoms with Crippen molar-refractivity contribution in [1.82, 2.24) is 0 Å². The maximum absolute atomic E-state index is 12.4. The Morgan fingerprint density at radius 2 is 1.83 bits per heavy atom. The highest BCUT2D eigenvalue weighted by molar-refractivity contribution is 9.10. The number of ketones is 1. The van der Waals surface area contributed by atoms with Crippen molar-refractivity contribution in [3.05, 3.63) is 63.6 Å². The molecule has 23 heavy (non-hydrogen) atoms. The normalized spacial score (nSPS) is 19.7. The Morgan fingerprint density at radius 3 is 2.65 bits per heavy atom. The van der Waals surface area contributed by atoms with Crippen molar-refractivity contribution in [2.24, 2.45) is 0 Å². The van der Waals surface area contributed by atoms with Gasteiger partial charge in [-0.05, 0) is 33.6 Å². The highest BCUT2D eigenvalue weighted by atomic mass is 79.9. The number of Topliss-reactive ketones (excluding diaryl/α,β-unsaturated/α-hetero) is 1. The Balaban J connectivity index is 1.61. The number of carbonyl (C=O) groups excluding carboxylic acids is 2. The van der Waals surface area contributed by atoms with Crippen molar-refractivity contribution in [1.29, 1.82) is 0 Å². The zero-order chi connectivity index (χ0) is 16.0. The Morgan fingerprint density at radius 1 is 1.04 bits per heavy atom. The van der Waals surface area contributed by atoms with Crippen LogP contribution in [0.1, 0.15) is 21.5 Å². The lowest BCUT2D eigenvalue weighted by atomic mass is 10.0. The van der Waals surface area contributed by atoms with Gasteiger partial charge in [-0.1, -0.05) is 30.3 Å². The molecule has 0 saturated carbocycles. The predicted octanol–water partition coefficient (Wildman–Crippen LogP) is 1.58. The zero-order valence-corrected chi connectivity index (χ0v) is 14.1. The van der Waals surface area contributed by atoms with Gasteiger partial charge in [-0.25, -0.2) is 0 Å². The second-order valence-corrected chi connectivity index (χ2v) is 6.91. The van der Waals surface area contributed by atoms with E-state index in [2.05, 4.69) is 40.2 Å². The van der Waals surface area contributed by atoms with Gasteiger partial charge in [-0.2, -0.15) is 0 Å². The topological polar surface area (TPSA) is 41.8 Å². The molecule has 0 spiro atoms. The molecule has 2 aliphatic rings. The first kappa shape index (κ1) is 14.6. The van der Waals surface area contributed by atoms with Crippen molar-refractivity contribution >= 4 is 33.3 Å². The molecule has 0 aliphatic carbocycles. The van der Waals surface area contributed by atoms with Crippen LogP contribution in [-0.4, -0.2) is 24.9 Å². The molecule has 1 amide bonds. The number of benzene rings is 2. The van der Waals surface area contributed by atoms with E-state index in [4.69, 9.17) is 0 Å². The molecule has 0 fully saturated rings. The molecule has 0 radical (unpaired) electrons. The fourth-order valence-corrected chi connectivity index (χ4v) is 4.04. The van der Waals surface area contributed by atoms with Crippen molar-refractivity contribution in [3.63, 3.8) is 0 Å². The number of hydrogen-bond acceptors (Lipinski definition) is 2. The average Bonchev–Trinajstić information content (AvgIpc) is 2.81. The van der Waals surface area contributed by atoms with Crippen molar-refractivity contribution in [3.8, 4) is 0 Å². The van der Waals surface area contributed by atoms with Gasteiger partial charge in [0.15, 0.2) is 6.67 Å². The molecule has 0 bridgehead atoms. The smallest absolute Gasteiger partial charge is 0.303 e. The number of nitrogens with one attached hydrogen (secondary N) is 1. The molecule has 1 unspecified atom stereocenters. The maximum Gasteiger partial charge on any atom is 0.303 e. The van der Waals surface area contributed by atoms with Gasteiger partial charge in [0.05, 0.1) is 17.8 Å². The first-order valence-corrected chi connectivity index (χ1v) is 8.49. The number of fused-ring (bicyclic) bond motifs is 2. The van der Waals surface area contributed by atoms with E-state index in [1.165, 1.54) is 16.0 Å².